The molecular formula is C27H29N3O3. The average Bonchev–Trinajstić information content (AvgIpc) is 3.49. The number of fused-ring (bicyclic) bond motifs is 6. The summed E-state index contributed by atoms with van der Waals surface area (Å²) in [4.78, 5) is 20.0. The fourth-order valence-electron chi connectivity index (χ4n) is 6.21. The van der Waals surface area contributed by atoms with Crippen LogP contribution in [0, 0.1) is 0 Å². The molecule has 1 atom stereocenters. The third-order valence-electron chi connectivity index (χ3n) is 7.54. The molecule has 2 spiro atoms. The molecule has 1 fully saturated rings. The largest absolute Gasteiger partial charge is 0.462 e. The molecule has 3 aliphatic rings. The van der Waals surface area contributed by atoms with Gasteiger partial charge in [0.2, 0.25) is 5.72 Å². The predicted molar refractivity (Wildman–Crippen MR) is 130 cm³/mol. The van der Waals surface area contributed by atoms with Crippen molar-refractivity contribution in [2.75, 3.05) is 11.4 Å². The van der Waals surface area contributed by atoms with Crippen molar-refractivity contribution in [3.05, 3.63) is 54.2 Å². The van der Waals surface area contributed by atoms with E-state index < -0.39 is 5.72 Å². The third kappa shape index (κ3) is 2.73. The second-order valence-corrected chi connectivity index (χ2v) is 9.76. The van der Waals surface area contributed by atoms with Crippen molar-refractivity contribution in [1.82, 2.24) is 4.57 Å². The summed E-state index contributed by atoms with van der Waals surface area (Å²) in [5.41, 5.74) is 3.14. The Hall–Kier alpha value is -3.28. The molecule has 0 radical (unpaired) electrons. The monoisotopic (exact) mass is 443 g/mol. The van der Waals surface area contributed by atoms with Gasteiger partial charge in [-0.25, -0.2) is 0 Å². The number of ether oxygens (including phenoxy) is 2. The number of hydrogen-bond donors (Lipinski definition) is 0. The van der Waals surface area contributed by atoms with Gasteiger partial charge >= 0.3 is 5.97 Å². The second kappa shape index (κ2) is 7.11. The zero-order chi connectivity index (χ0) is 22.8. The zero-order valence-corrected chi connectivity index (χ0v) is 19.4. The molecule has 1 saturated carbocycles. The number of esters is 1. The first-order chi connectivity index (χ1) is 15.9. The van der Waals surface area contributed by atoms with Crippen LogP contribution in [0.5, 0.6) is 5.75 Å². The van der Waals surface area contributed by atoms with Gasteiger partial charge in [-0.2, -0.15) is 0 Å². The van der Waals surface area contributed by atoms with Crippen LogP contribution in [0.2, 0.25) is 0 Å². The summed E-state index contributed by atoms with van der Waals surface area (Å²) >= 11 is 0. The maximum absolute atomic E-state index is 12.9. The van der Waals surface area contributed by atoms with Crippen molar-refractivity contribution in [2.24, 2.45) is 12.0 Å². The van der Waals surface area contributed by atoms with Crippen molar-refractivity contribution in [1.29, 1.82) is 0 Å². The van der Waals surface area contributed by atoms with Crippen LogP contribution in [0.3, 0.4) is 0 Å². The minimum absolute atomic E-state index is 0.117. The maximum atomic E-state index is 12.9. The lowest BCUT2D eigenvalue weighted by Crippen LogP contribution is -2.64. The second-order valence-electron chi connectivity index (χ2n) is 9.76. The quantitative estimate of drug-likeness (QED) is 0.519. The fraction of sp³-hybridized carbons (Fsp3) is 0.407. The smallest absolute Gasteiger partial charge is 0.325 e. The number of anilines is 1. The Labute approximate surface area is 193 Å². The van der Waals surface area contributed by atoms with Gasteiger partial charge in [0.05, 0.1) is 23.3 Å². The molecule has 6 nitrogen and oxygen atoms in total. The number of benzene rings is 2. The molecule has 2 aliphatic heterocycles. The number of aromatic nitrogens is 1. The summed E-state index contributed by atoms with van der Waals surface area (Å²) < 4.78 is 14.6. The number of carbonyl (C=O) groups is 1. The van der Waals surface area contributed by atoms with E-state index in [4.69, 9.17) is 14.5 Å². The number of hydrogen-bond acceptors (Lipinski definition) is 5. The number of carbonyl (C=O) groups excluding carboxylic acids is 1. The van der Waals surface area contributed by atoms with Crippen LogP contribution in [0.1, 0.15) is 45.1 Å². The number of para-hydroxylation sites is 1. The van der Waals surface area contributed by atoms with E-state index in [0.29, 0.717) is 0 Å². The van der Waals surface area contributed by atoms with Crippen molar-refractivity contribution < 1.29 is 14.3 Å². The molecule has 3 aromatic rings. The van der Waals surface area contributed by atoms with E-state index in [9.17, 15) is 4.79 Å². The molecule has 170 valence electrons. The highest BCUT2D eigenvalue weighted by atomic mass is 16.5. The lowest BCUT2D eigenvalue weighted by Gasteiger charge is -2.47. The fourth-order valence-corrected chi connectivity index (χ4v) is 6.21. The van der Waals surface area contributed by atoms with Crippen molar-refractivity contribution in [3.8, 4) is 5.75 Å². The van der Waals surface area contributed by atoms with Gasteiger partial charge in [-0.1, -0.05) is 31.0 Å². The minimum Gasteiger partial charge on any atom is -0.462 e. The van der Waals surface area contributed by atoms with Gasteiger partial charge < -0.3 is 18.9 Å². The molecule has 1 unspecified atom stereocenters. The molecule has 1 aliphatic carbocycles. The maximum Gasteiger partial charge on any atom is 0.325 e. The Kier molecular flexibility index (Phi) is 4.38. The molecular weight excluding hydrogens is 414 g/mol. The van der Waals surface area contributed by atoms with Gasteiger partial charge in [0.25, 0.3) is 0 Å². The summed E-state index contributed by atoms with van der Waals surface area (Å²) in [5, 5.41) is 1.07. The van der Waals surface area contributed by atoms with E-state index in [1.807, 2.05) is 45.4 Å². The molecule has 0 N–H and O–H groups in total. The van der Waals surface area contributed by atoms with Gasteiger partial charge in [-0.3, -0.25) is 9.79 Å². The molecule has 0 bridgehead atoms. The summed E-state index contributed by atoms with van der Waals surface area (Å²) in [6.07, 6.45) is 8.09. The highest BCUT2D eigenvalue weighted by Crippen LogP contribution is 2.61. The Bertz CT molecular complexity index is 1290. The molecule has 6 rings (SSSR count). The topological polar surface area (TPSA) is 56.1 Å². The molecule has 33 heavy (non-hydrogen) atoms. The summed E-state index contributed by atoms with van der Waals surface area (Å²) in [5.74, 6) is 0.507. The van der Waals surface area contributed by atoms with E-state index in [1.54, 1.807) is 0 Å². The molecule has 0 amide bonds. The van der Waals surface area contributed by atoms with Crippen LogP contribution < -0.4 is 9.64 Å². The average molecular weight is 444 g/mol. The lowest BCUT2D eigenvalue weighted by atomic mass is 9.72. The first-order valence-electron chi connectivity index (χ1n) is 11.8. The normalized spacial score (nSPS) is 22.2. The van der Waals surface area contributed by atoms with Gasteiger partial charge in [-0.15, -0.1) is 0 Å². The van der Waals surface area contributed by atoms with Gasteiger partial charge in [0, 0.05) is 24.3 Å². The van der Waals surface area contributed by atoms with Crippen molar-refractivity contribution in [3.63, 3.8) is 0 Å². The van der Waals surface area contributed by atoms with E-state index in [1.165, 1.54) is 5.56 Å². The number of nitrogens with zero attached hydrogens (tertiary/aromatic N) is 3. The van der Waals surface area contributed by atoms with Crippen LogP contribution in [0.15, 0.2) is 53.7 Å². The van der Waals surface area contributed by atoms with Gasteiger partial charge in [0.1, 0.15) is 18.0 Å². The Balaban J connectivity index is 1.53. The molecule has 6 heteroatoms. The van der Waals surface area contributed by atoms with Crippen LogP contribution in [-0.4, -0.2) is 35.1 Å². The van der Waals surface area contributed by atoms with Crippen LogP contribution in [-0.2, 0) is 22.0 Å². The van der Waals surface area contributed by atoms with E-state index in [2.05, 4.69) is 39.8 Å². The standard InChI is InChI=1S/C27H29N3O3/c1-18(2)32-24(31)16-30-22-9-5-4-8-20(22)26(13-6-7-14-26)27(30)17-28-25-19-12-15-29(3)21(19)10-11-23(25)33-27/h4-5,8-12,15,17-18H,6-7,13-14,16H2,1-3H3. The predicted octanol–water partition coefficient (Wildman–Crippen LogP) is 5.25. The number of aliphatic imine (C=N–C) groups is 1. The first-order valence-corrected chi connectivity index (χ1v) is 11.8. The van der Waals surface area contributed by atoms with Gasteiger partial charge in [-0.05, 0) is 56.5 Å². The van der Waals surface area contributed by atoms with Gasteiger partial charge in [0.15, 0.2) is 0 Å². The Morgan fingerprint density at radius 2 is 1.94 bits per heavy atom. The highest BCUT2D eigenvalue weighted by molar-refractivity contribution is 5.99. The molecule has 3 heterocycles. The van der Waals surface area contributed by atoms with E-state index >= 15 is 0 Å². The minimum atomic E-state index is -0.862. The molecule has 2 aromatic carbocycles. The van der Waals surface area contributed by atoms with E-state index in [0.717, 1.165) is 53.7 Å². The highest BCUT2D eigenvalue weighted by Gasteiger charge is 2.65. The summed E-state index contributed by atoms with van der Waals surface area (Å²) in [7, 11) is 2.03. The number of aryl methyl sites for hydroxylation is 1. The zero-order valence-electron chi connectivity index (χ0n) is 19.4. The summed E-state index contributed by atoms with van der Waals surface area (Å²) in [6, 6.07) is 14.6. The Morgan fingerprint density at radius 3 is 2.73 bits per heavy atom. The van der Waals surface area contributed by atoms with Crippen molar-refractivity contribution >= 4 is 34.5 Å². The molecule has 0 saturated heterocycles. The van der Waals surface area contributed by atoms with E-state index in [-0.39, 0.29) is 24.0 Å². The lowest BCUT2D eigenvalue weighted by molar-refractivity contribution is -0.146. The van der Waals surface area contributed by atoms with Crippen LogP contribution in [0.25, 0.3) is 10.9 Å². The summed E-state index contributed by atoms with van der Waals surface area (Å²) in [6.45, 7) is 3.87. The third-order valence-corrected chi connectivity index (χ3v) is 7.54. The number of rotatable bonds is 3. The Morgan fingerprint density at radius 1 is 1.15 bits per heavy atom. The first kappa shape index (κ1) is 20.3. The van der Waals surface area contributed by atoms with Crippen LogP contribution in [0.4, 0.5) is 11.4 Å². The van der Waals surface area contributed by atoms with Crippen molar-refractivity contribution in [2.45, 2.75) is 56.8 Å². The SMILES string of the molecule is CC(C)OC(=O)CN1c2ccccc2C2(CCCC2)C12C=Nc1c(ccc3c1ccn3C)O2. The molecule has 1 aromatic heterocycles. The van der Waals surface area contributed by atoms with Crippen LogP contribution >= 0.6 is 0 Å².